The van der Waals surface area contributed by atoms with Crippen molar-refractivity contribution in [3.63, 3.8) is 0 Å². The van der Waals surface area contributed by atoms with Gasteiger partial charge in [-0.2, -0.15) is 0 Å². The van der Waals surface area contributed by atoms with Crippen molar-refractivity contribution in [2.24, 2.45) is 0 Å². The highest BCUT2D eigenvalue weighted by atomic mass is 35.5. The molecule has 19 heavy (non-hydrogen) atoms. The van der Waals surface area contributed by atoms with E-state index in [1.807, 2.05) is 0 Å². The van der Waals surface area contributed by atoms with E-state index in [4.69, 9.17) is 23.2 Å². The number of nitrogens with zero attached hydrogens (tertiary/aromatic N) is 2. The van der Waals surface area contributed by atoms with Crippen LogP contribution in [0.15, 0.2) is 36.5 Å². The molecule has 0 aliphatic carbocycles. The van der Waals surface area contributed by atoms with Crippen LogP contribution in [0.5, 0.6) is 5.75 Å². The Morgan fingerprint density at radius 3 is 2.53 bits per heavy atom. The van der Waals surface area contributed by atoms with E-state index >= 15 is 0 Å². The average molecular weight is 297 g/mol. The van der Waals surface area contributed by atoms with Gasteiger partial charge in [0.1, 0.15) is 10.9 Å². The molecule has 0 bridgehead atoms. The first-order chi connectivity index (χ1) is 8.99. The van der Waals surface area contributed by atoms with E-state index in [0.717, 1.165) is 0 Å². The number of anilines is 1. The summed E-state index contributed by atoms with van der Waals surface area (Å²) < 4.78 is 0. The van der Waals surface area contributed by atoms with Crippen molar-refractivity contribution in [3.05, 3.63) is 52.3 Å². The number of phenols is 1. The van der Waals surface area contributed by atoms with Crippen LogP contribution in [0.4, 0.5) is 5.69 Å². The largest absolute Gasteiger partial charge is 0.508 e. The fourth-order valence-electron chi connectivity index (χ4n) is 1.55. The van der Waals surface area contributed by atoms with Crippen molar-refractivity contribution in [2.75, 3.05) is 11.9 Å². The van der Waals surface area contributed by atoms with E-state index in [2.05, 4.69) is 4.98 Å². The van der Waals surface area contributed by atoms with E-state index in [1.165, 1.54) is 29.3 Å². The summed E-state index contributed by atoms with van der Waals surface area (Å²) in [6.45, 7) is 0. The van der Waals surface area contributed by atoms with Gasteiger partial charge in [-0.25, -0.2) is 4.98 Å². The van der Waals surface area contributed by atoms with Crippen LogP contribution in [0.3, 0.4) is 0 Å². The molecule has 4 nitrogen and oxygen atoms in total. The van der Waals surface area contributed by atoms with Gasteiger partial charge in [-0.1, -0.05) is 23.2 Å². The Morgan fingerprint density at radius 1 is 1.26 bits per heavy atom. The lowest BCUT2D eigenvalue weighted by molar-refractivity contribution is 0.0993. The molecule has 0 fully saturated rings. The second-order valence-corrected chi connectivity index (χ2v) is 4.66. The van der Waals surface area contributed by atoms with Gasteiger partial charge in [0, 0.05) is 18.9 Å². The number of hydrogen-bond donors (Lipinski definition) is 1. The van der Waals surface area contributed by atoms with Gasteiger partial charge in [0.15, 0.2) is 0 Å². The monoisotopic (exact) mass is 296 g/mol. The van der Waals surface area contributed by atoms with Crippen molar-refractivity contribution < 1.29 is 9.90 Å². The van der Waals surface area contributed by atoms with Gasteiger partial charge in [-0.15, -0.1) is 0 Å². The van der Waals surface area contributed by atoms with E-state index < -0.39 is 0 Å². The summed E-state index contributed by atoms with van der Waals surface area (Å²) in [5, 5.41) is 9.66. The third-order valence-electron chi connectivity index (χ3n) is 2.59. The molecule has 0 unspecified atom stereocenters. The van der Waals surface area contributed by atoms with Crippen LogP contribution in [0.2, 0.25) is 10.2 Å². The minimum atomic E-state index is -0.306. The number of halogens is 2. The molecule has 98 valence electrons. The van der Waals surface area contributed by atoms with Gasteiger partial charge in [0.05, 0.1) is 10.6 Å². The van der Waals surface area contributed by atoms with Crippen LogP contribution in [-0.4, -0.2) is 23.0 Å². The van der Waals surface area contributed by atoms with Gasteiger partial charge in [-0.3, -0.25) is 4.79 Å². The lowest BCUT2D eigenvalue weighted by atomic mass is 10.2. The second kappa shape index (κ2) is 5.47. The average Bonchev–Trinajstić information content (AvgIpc) is 2.41. The molecule has 1 aromatic carbocycles. The number of carbonyl (C=O) groups excluding carboxylic acids is 1. The molecule has 0 atom stereocenters. The molecule has 0 radical (unpaired) electrons. The molecular weight excluding hydrogens is 287 g/mol. The molecule has 1 aromatic heterocycles. The lowest BCUT2D eigenvalue weighted by Crippen LogP contribution is -2.26. The van der Waals surface area contributed by atoms with Crippen LogP contribution in [0.1, 0.15) is 10.4 Å². The van der Waals surface area contributed by atoms with E-state index in [9.17, 15) is 9.90 Å². The number of benzene rings is 1. The number of hydrogen-bond acceptors (Lipinski definition) is 3. The van der Waals surface area contributed by atoms with E-state index in [-0.39, 0.29) is 27.4 Å². The van der Waals surface area contributed by atoms with Gasteiger partial charge < -0.3 is 10.0 Å². The van der Waals surface area contributed by atoms with E-state index in [0.29, 0.717) is 5.69 Å². The zero-order valence-corrected chi connectivity index (χ0v) is 11.5. The van der Waals surface area contributed by atoms with Crippen LogP contribution in [-0.2, 0) is 0 Å². The molecule has 1 heterocycles. The lowest BCUT2D eigenvalue weighted by Gasteiger charge is -2.18. The van der Waals surface area contributed by atoms with Crippen LogP contribution < -0.4 is 4.90 Å². The molecule has 2 aromatic rings. The highest BCUT2D eigenvalue weighted by Gasteiger charge is 2.17. The fraction of sp³-hybridized carbons (Fsp3) is 0.0769. The summed E-state index contributed by atoms with van der Waals surface area (Å²) in [5.74, 6) is -0.172. The van der Waals surface area contributed by atoms with Crippen LogP contribution in [0.25, 0.3) is 0 Å². The topological polar surface area (TPSA) is 53.4 Å². The van der Waals surface area contributed by atoms with Crippen molar-refractivity contribution in [1.82, 2.24) is 4.98 Å². The number of carbonyl (C=O) groups is 1. The number of pyridine rings is 1. The highest BCUT2D eigenvalue weighted by molar-refractivity contribution is 6.35. The maximum Gasteiger partial charge on any atom is 0.259 e. The molecule has 1 amide bonds. The van der Waals surface area contributed by atoms with Crippen LogP contribution in [0, 0.1) is 0 Å². The minimum Gasteiger partial charge on any atom is -0.508 e. The summed E-state index contributed by atoms with van der Waals surface area (Å²) in [4.78, 5) is 17.5. The van der Waals surface area contributed by atoms with Crippen molar-refractivity contribution in [2.45, 2.75) is 0 Å². The van der Waals surface area contributed by atoms with Gasteiger partial charge in [0.2, 0.25) is 0 Å². The summed E-state index contributed by atoms with van der Waals surface area (Å²) in [6.07, 6.45) is 1.34. The Balaban J connectivity index is 2.33. The summed E-state index contributed by atoms with van der Waals surface area (Å²) in [6, 6.07) is 7.68. The Kier molecular flexibility index (Phi) is 3.93. The van der Waals surface area contributed by atoms with Gasteiger partial charge >= 0.3 is 0 Å². The highest BCUT2D eigenvalue weighted by Crippen LogP contribution is 2.23. The van der Waals surface area contributed by atoms with Crippen molar-refractivity contribution >= 4 is 34.8 Å². The Morgan fingerprint density at radius 2 is 1.89 bits per heavy atom. The SMILES string of the molecule is CN(C(=O)c1cc(Cl)ncc1Cl)c1ccc(O)cc1. The number of aromatic hydroxyl groups is 1. The van der Waals surface area contributed by atoms with Gasteiger partial charge in [-0.05, 0) is 30.3 Å². The molecule has 0 aliphatic rings. The number of phenolic OH excluding ortho intramolecular Hbond substituents is 1. The zero-order chi connectivity index (χ0) is 14.0. The summed E-state index contributed by atoms with van der Waals surface area (Å²) in [7, 11) is 1.61. The first-order valence-electron chi connectivity index (χ1n) is 5.37. The summed E-state index contributed by atoms with van der Waals surface area (Å²) >= 11 is 11.7. The third-order valence-corrected chi connectivity index (χ3v) is 3.10. The molecule has 0 saturated heterocycles. The first-order valence-corrected chi connectivity index (χ1v) is 6.13. The molecule has 2 rings (SSSR count). The Labute approximate surface area is 120 Å². The Hall–Kier alpha value is -1.78. The van der Waals surface area contributed by atoms with Crippen molar-refractivity contribution in [3.8, 4) is 5.75 Å². The van der Waals surface area contributed by atoms with Crippen LogP contribution >= 0.6 is 23.2 Å². The molecule has 0 saturated carbocycles. The van der Waals surface area contributed by atoms with Crippen molar-refractivity contribution in [1.29, 1.82) is 0 Å². The number of rotatable bonds is 2. The maximum absolute atomic E-state index is 12.3. The molecule has 0 spiro atoms. The second-order valence-electron chi connectivity index (χ2n) is 3.87. The molecular formula is C13H10Cl2N2O2. The zero-order valence-electron chi connectivity index (χ0n) is 9.97. The predicted octanol–water partition coefficient (Wildman–Crippen LogP) is 3.37. The predicted molar refractivity (Wildman–Crippen MR) is 75.1 cm³/mol. The fourth-order valence-corrected chi connectivity index (χ4v) is 1.89. The molecule has 6 heteroatoms. The van der Waals surface area contributed by atoms with Gasteiger partial charge in [0.25, 0.3) is 5.91 Å². The quantitative estimate of drug-likeness (QED) is 0.865. The minimum absolute atomic E-state index is 0.134. The molecule has 0 aliphatic heterocycles. The Bertz CT molecular complexity index is 615. The first kappa shape index (κ1) is 13.6. The standard InChI is InChI=1S/C13H10Cl2N2O2/c1-17(8-2-4-9(18)5-3-8)13(19)10-6-12(15)16-7-11(10)14/h2-7,18H,1H3. The number of amides is 1. The normalized spacial score (nSPS) is 10.3. The summed E-state index contributed by atoms with van der Waals surface area (Å²) in [5.41, 5.74) is 0.907. The molecule has 1 N–H and O–H groups in total. The maximum atomic E-state index is 12.3. The van der Waals surface area contributed by atoms with E-state index in [1.54, 1.807) is 19.2 Å². The smallest absolute Gasteiger partial charge is 0.259 e. The number of aromatic nitrogens is 1. The third kappa shape index (κ3) is 2.97.